The van der Waals surface area contributed by atoms with Crippen molar-refractivity contribution in [2.24, 2.45) is 0 Å². The zero-order valence-electron chi connectivity index (χ0n) is 13.5. The van der Waals surface area contributed by atoms with Gasteiger partial charge in [0, 0.05) is 18.8 Å². The second kappa shape index (κ2) is 7.21. The normalized spacial score (nSPS) is 12.0. The van der Waals surface area contributed by atoms with Crippen molar-refractivity contribution in [3.8, 4) is 0 Å². The van der Waals surface area contributed by atoms with Crippen LogP contribution in [0.2, 0.25) is 0 Å². The summed E-state index contributed by atoms with van der Waals surface area (Å²) < 4.78 is 26.9. The van der Waals surface area contributed by atoms with Crippen molar-refractivity contribution in [3.05, 3.63) is 83.2 Å². The Labute approximate surface area is 143 Å². The lowest BCUT2D eigenvalue weighted by molar-refractivity contribution is 0.0938. The summed E-state index contributed by atoms with van der Waals surface area (Å²) in [6.45, 7) is 1.92. The maximum Gasteiger partial charge on any atom is 0.270 e. The summed E-state index contributed by atoms with van der Waals surface area (Å²) in [5, 5.41) is 2.81. The lowest BCUT2D eigenvalue weighted by atomic mass is 9.99. The molecule has 1 atom stereocenters. The highest BCUT2D eigenvalue weighted by Gasteiger charge is 2.20. The Morgan fingerprint density at radius 2 is 2.04 bits per heavy atom. The largest absolute Gasteiger partial charge is 0.340 e. The van der Waals surface area contributed by atoms with E-state index in [2.05, 4.69) is 20.3 Å². The van der Waals surface area contributed by atoms with Crippen molar-refractivity contribution < 1.29 is 13.6 Å². The highest BCUT2D eigenvalue weighted by atomic mass is 19.2. The number of amides is 1. The number of carbonyl (C=O) groups is 1. The number of benzene rings is 1. The van der Waals surface area contributed by atoms with Crippen molar-refractivity contribution >= 4 is 5.91 Å². The van der Waals surface area contributed by atoms with Crippen molar-refractivity contribution in [1.29, 1.82) is 0 Å². The second-order valence-corrected chi connectivity index (χ2v) is 5.46. The van der Waals surface area contributed by atoms with E-state index in [1.54, 1.807) is 24.5 Å². The van der Waals surface area contributed by atoms with Crippen LogP contribution in [0.1, 0.15) is 40.4 Å². The van der Waals surface area contributed by atoms with Crippen molar-refractivity contribution in [2.45, 2.75) is 19.4 Å². The summed E-state index contributed by atoms with van der Waals surface area (Å²) in [6.07, 6.45) is 5.27. The Morgan fingerprint density at radius 3 is 2.68 bits per heavy atom. The van der Waals surface area contributed by atoms with Crippen LogP contribution in [0.3, 0.4) is 0 Å². The Morgan fingerprint density at radius 1 is 1.20 bits per heavy atom. The van der Waals surface area contributed by atoms with Gasteiger partial charge in [-0.25, -0.2) is 13.8 Å². The number of imidazole rings is 1. The fourth-order valence-electron chi connectivity index (χ4n) is 2.46. The lowest BCUT2D eigenvalue weighted by Crippen LogP contribution is -2.29. The standard InChI is InChI=1S/C18H16F2N4O/c1-2-16-22-10-15(23-16)18(25)24-17(12-4-3-7-21-9-12)11-5-6-13(19)14(20)8-11/h3-10,17H,2H2,1H3,(H,22,23)(H,24,25)/t17-/m1/s1. The predicted molar refractivity (Wildman–Crippen MR) is 87.9 cm³/mol. The first-order valence-corrected chi connectivity index (χ1v) is 7.78. The molecule has 0 aliphatic carbocycles. The van der Waals surface area contributed by atoms with E-state index in [4.69, 9.17) is 0 Å². The monoisotopic (exact) mass is 342 g/mol. The van der Waals surface area contributed by atoms with Gasteiger partial charge < -0.3 is 10.3 Å². The Hall–Kier alpha value is -3.09. The van der Waals surface area contributed by atoms with E-state index >= 15 is 0 Å². The van der Waals surface area contributed by atoms with Crippen LogP contribution in [0.5, 0.6) is 0 Å². The van der Waals surface area contributed by atoms with Gasteiger partial charge in [-0.2, -0.15) is 0 Å². The number of H-pyrrole nitrogens is 1. The third-order valence-corrected chi connectivity index (χ3v) is 3.78. The smallest absolute Gasteiger partial charge is 0.270 e. The zero-order valence-corrected chi connectivity index (χ0v) is 13.5. The number of halogens is 2. The molecule has 5 nitrogen and oxygen atoms in total. The summed E-state index contributed by atoms with van der Waals surface area (Å²) in [4.78, 5) is 23.6. The highest BCUT2D eigenvalue weighted by Crippen LogP contribution is 2.23. The van der Waals surface area contributed by atoms with Crippen LogP contribution in [-0.4, -0.2) is 20.9 Å². The molecule has 1 aromatic carbocycles. The molecule has 7 heteroatoms. The molecular weight excluding hydrogens is 326 g/mol. The van der Waals surface area contributed by atoms with Gasteiger partial charge in [0.05, 0.1) is 12.2 Å². The van der Waals surface area contributed by atoms with Crippen molar-refractivity contribution in [3.63, 3.8) is 0 Å². The minimum Gasteiger partial charge on any atom is -0.340 e. The number of aromatic nitrogens is 3. The molecule has 0 radical (unpaired) electrons. The van der Waals surface area contributed by atoms with Gasteiger partial charge in [0.2, 0.25) is 0 Å². The number of hydrogen-bond acceptors (Lipinski definition) is 3. The minimum absolute atomic E-state index is 0.299. The molecule has 0 aliphatic rings. The molecule has 3 aromatic rings. The molecule has 0 spiro atoms. The zero-order chi connectivity index (χ0) is 17.8. The number of aryl methyl sites for hydroxylation is 1. The molecule has 2 N–H and O–H groups in total. The predicted octanol–water partition coefficient (Wildman–Crippen LogP) is 3.16. The fraction of sp³-hybridized carbons (Fsp3) is 0.167. The summed E-state index contributed by atoms with van der Waals surface area (Å²) in [5.41, 5.74) is 1.36. The summed E-state index contributed by atoms with van der Waals surface area (Å²) in [5.74, 6) is -1.63. The average molecular weight is 342 g/mol. The van der Waals surface area contributed by atoms with Gasteiger partial charge in [-0.15, -0.1) is 0 Å². The van der Waals surface area contributed by atoms with E-state index in [-0.39, 0.29) is 0 Å². The highest BCUT2D eigenvalue weighted by molar-refractivity contribution is 5.92. The van der Waals surface area contributed by atoms with Crippen LogP contribution in [0.15, 0.2) is 48.9 Å². The van der Waals surface area contributed by atoms with Crippen LogP contribution in [0.25, 0.3) is 0 Å². The Bertz CT molecular complexity index is 880. The molecule has 1 amide bonds. The van der Waals surface area contributed by atoms with E-state index in [1.165, 1.54) is 12.3 Å². The van der Waals surface area contributed by atoms with Gasteiger partial charge in [0.15, 0.2) is 11.6 Å². The molecule has 0 unspecified atom stereocenters. The van der Waals surface area contributed by atoms with Crippen molar-refractivity contribution in [2.75, 3.05) is 0 Å². The first-order chi connectivity index (χ1) is 12.1. The number of pyridine rings is 1. The van der Waals surface area contributed by atoms with Gasteiger partial charge in [-0.05, 0) is 29.3 Å². The van der Waals surface area contributed by atoms with Crippen LogP contribution in [0, 0.1) is 11.6 Å². The number of nitrogens with zero attached hydrogens (tertiary/aromatic N) is 2. The average Bonchev–Trinajstić information content (AvgIpc) is 3.12. The summed E-state index contributed by atoms with van der Waals surface area (Å²) in [7, 11) is 0. The third-order valence-electron chi connectivity index (χ3n) is 3.78. The SMILES string of the molecule is CCc1ncc(C(=O)N[C@@H](c2cccnc2)c2ccc(F)c(F)c2)[nH]1. The maximum atomic E-state index is 13.6. The molecule has 0 fully saturated rings. The van der Waals surface area contributed by atoms with E-state index < -0.39 is 23.6 Å². The first kappa shape index (κ1) is 16.8. The lowest BCUT2D eigenvalue weighted by Gasteiger charge is -2.19. The maximum absolute atomic E-state index is 13.6. The molecule has 128 valence electrons. The van der Waals surface area contributed by atoms with E-state index in [0.29, 0.717) is 29.1 Å². The molecular formula is C18H16F2N4O. The minimum atomic E-state index is -0.976. The number of rotatable bonds is 5. The van der Waals surface area contributed by atoms with Crippen LogP contribution >= 0.6 is 0 Å². The van der Waals surface area contributed by atoms with Gasteiger partial charge >= 0.3 is 0 Å². The molecule has 3 rings (SSSR count). The van der Waals surface area contributed by atoms with Crippen LogP contribution < -0.4 is 5.32 Å². The van der Waals surface area contributed by atoms with Crippen LogP contribution in [-0.2, 0) is 6.42 Å². The van der Waals surface area contributed by atoms with Gasteiger partial charge in [0.1, 0.15) is 11.5 Å². The summed E-state index contributed by atoms with van der Waals surface area (Å²) >= 11 is 0. The second-order valence-electron chi connectivity index (χ2n) is 5.46. The van der Waals surface area contributed by atoms with E-state index in [1.807, 2.05) is 6.92 Å². The van der Waals surface area contributed by atoms with E-state index in [0.717, 1.165) is 12.1 Å². The van der Waals surface area contributed by atoms with Gasteiger partial charge in [-0.1, -0.05) is 19.1 Å². The third kappa shape index (κ3) is 3.71. The number of hydrogen-bond donors (Lipinski definition) is 2. The Balaban J connectivity index is 1.93. The fourth-order valence-corrected chi connectivity index (χ4v) is 2.46. The molecule has 2 aromatic heterocycles. The molecule has 0 saturated heterocycles. The van der Waals surface area contributed by atoms with Gasteiger partial charge in [0.25, 0.3) is 5.91 Å². The Kier molecular flexibility index (Phi) is 4.83. The number of aromatic amines is 1. The van der Waals surface area contributed by atoms with Gasteiger partial charge in [-0.3, -0.25) is 9.78 Å². The topological polar surface area (TPSA) is 70.7 Å². The van der Waals surface area contributed by atoms with E-state index in [9.17, 15) is 13.6 Å². The molecule has 2 heterocycles. The number of carbonyl (C=O) groups excluding carboxylic acids is 1. The molecule has 0 saturated carbocycles. The molecule has 0 aliphatic heterocycles. The quantitative estimate of drug-likeness (QED) is 0.748. The summed E-state index contributed by atoms with van der Waals surface area (Å²) in [6, 6.07) is 6.32. The number of nitrogens with one attached hydrogen (secondary N) is 2. The molecule has 25 heavy (non-hydrogen) atoms. The van der Waals surface area contributed by atoms with Crippen molar-refractivity contribution in [1.82, 2.24) is 20.3 Å². The molecule has 0 bridgehead atoms. The van der Waals surface area contributed by atoms with Crippen LogP contribution in [0.4, 0.5) is 8.78 Å². The first-order valence-electron chi connectivity index (χ1n) is 7.78.